The lowest BCUT2D eigenvalue weighted by Crippen LogP contribution is -2.42. The first kappa shape index (κ1) is 13.0. The van der Waals surface area contributed by atoms with E-state index in [0.717, 1.165) is 0 Å². The molecule has 0 saturated carbocycles. The largest absolute Gasteiger partial charge is 0.484 e. The number of benzene rings is 1. The third kappa shape index (κ3) is 1.85. The van der Waals surface area contributed by atoms with Crippen molar-refractivity contribution in [2.75, 3.05) is 0 Å². The number of carbonyl (C=O) groups excluding carboxylic acids is 1. The first-order chi connectivity index (χ1) is 9.42. The summed E-state index contributed by atoms with van der Waals surface area (Å²) in [6, 6.07) is 7.12. The molecule has 1 aromatic carbocycles. The summed E-state index contributed by atoms with van der Waals surface area (Å²) in [6.45, 7) is 3.91. The summed E-state index contributed by atoms with van der Waals surface area (Å²) in [6.07, 6.45) is 3.08. The third-order valence-electron chi connectivity index (χ3n) is 3.62. The number of halogens is 1. The van der Waals surface area contributed by atoms with Crippen molar-refractivity contribution in [3.63, 3.8) is 0 Å². The van der Waals surface area contributed by atoms with E-state index in [1.807, 2.05) is 19.9 Å². The highest BCUT2D eigenvalue weighted by Gasteiger charge is 2.42. The Labute approximate surface area is 122 Å². The zero-order chi connectivity index (χ0) is 14.5. The van der Waals surface area contributed by atoms with Crippen LogP contribution in [0.15, 0.2) is 41.5 Å². The number of Topliss-reactive ketones (excluding diaryl/α,β-unsaturated/α-hetero) is 1. The Bertz CT molecular complexity index is 722. The number of carbonyl (C=O) groups is 1. The van der Waals surface area contributed by atoms with Gasteiger partial charge in [0.1, 0.15) is 11.9 Å². The number of fused-ring (bicyclic) bond motifs is 2. The molecule has 20 heavy (non-hydrogen) atoms. The molecule has 4 heteroatoms. The van der Waals surface area contributed by atoms with Crippen LogP contribution in [0.1, 0.15) is 24.2 Å². The van der Waals surface area contributed by atoms with Gasteiger partial charge in [0.2, 0.25) is 0 Å². The van der Waals surface area contributed by atoms with Gasteiger partial charge in [0, 0.05) is 21.6 Å². The molecule has 3 nitrogen and oxygen atoms in total. The quantitative estimate of drug-likeness (QED) is 0.730. The van der Waals surface area contributed by atoms with Crippen molar-refractivity contribution in [3.8, 4) is 11.8 Å². The molecule has 0 N–H and O–H groups in total. The molecule has 2 aliphatic rings. The second-order valence-corrected chi connectivity index (χ2v) is 6.04. The first-order valence-electron chi connectivity index (χ1n) is 6.28. The highest BCUT2D eigenvalue weighted by atomic mass is 35.5. The van der Waals surface area contributed by atoms with Crippen molar-refractivity contribution >= 4 is 17.4 Å². The SMILES string of the molecule is CC1(C)C=C(C#N)C=C2C(=O)c3cc(Cl)ccc3OC21. The lowest BCUT2D eigenvalue weighted by atomic mass is 9.73. The molecule has 0 bridgehead atoms. The van der Waals surface area contributed by atoms with E-state index in [2.05, 4.69) is 6.07 Å². The van der Waals surface area contributed by atoms with Crippen LogP contribution in [-0.2, 0) is 0 Å². The van der Waals surface area contributed by atoms with E-state index >= 15 is 0 Å². The predicted octanol–water partition coefficient (Wildman–Crippen LogP) is 3.70. The van der Waals surface area contributed by atoms with Crippen LogP contribution in [0, 0.1) is 16.7 Å². The highest BCUT2D eigenvalue weighted by molar-refractivity contribution is 6.31. The summed E-state index contributed by atoms with van der Waals surface area (Å²) < 4.78 is 5.97. The van der Waals surface area contributed by atoms with Crippen LogP contribution in [0.4, 0.5) is 0 Å². The Balaban J connectivity index is 2.18. The van der Waals surface area contributed by atoms with Crippen LogP contribution in [-0.4, -0.2) is 11.9 Å². The number of hydrogen-bond acceptors (Lipinski definition) is 3. The fraction of sp³-hybridized carbons (Fsp3) is 0.250. The van der Waals surface area contributed by atoms with E-state index in [1.54, 1.807) is 24.3 Å². The first-order valence-corrected chi connectivity index (χ1v) is 6.65. The maximum Gasteiger partial charge on any atom is 0.196 e. The number of ketones is 1. The van der Waals surface area contributed by atoms with Gasteiger partial charge in [-0.25, -0.2) is 0 Å². The van der Waals surface area contributed by atoms with E-state index in [4.69, 9.17) is 21.6 Å². The van der Waals surface area contributed by atoms with E-state index in [1.165, 1.54) is 0 Å². The summed E-state index contributed by atoms with van der Waals surface area (Å²) in [5, 5.41) is 9.59. The molecule has 1 heterocycles. The van der Waals surface area contributed by atoms with Crippen LogP contribution < -0.4 is 4.74 Å². The standard InChI is InChI=1S/C16H12ClNO2/c1-16(2)7-9(8-18)5-12-14(19)11-6-10(17)3-4-13(11)20-15(12)16/h3-7,15H,1-2H3. The van der Waals surface area contributed by atoms with Gasteiger partial charge < -0.3 is 4.74 Å². The average Bonchev–Trinajstić information content (AvgIpc) is 2.40. The van der Waals surface area contributed by atoms with Crippen LogP contribution in [0.2, 0.25) is 5.02 Å². The van der Waals surface area contributed by atoms with Crippen molar-refractivity contribution in [1.29, 1.82) is 5.26 Å². The van der Waals surface area contributed by atoms with Gasteiger partial charge >= 0.3 is 0 Å². The van der Waals surface area contributed by atoms with Gasteiger partial charge in [-0.3, -0.25) is 4.79 Å². The Kier molecular flexibility index (Phi) is 2.74. The third-order valence-corrected chi connectivity index (χ3v) is 3.85. The number of rotatable bonds is 0. The molecule has 1 aliphatic carbocycles. The molecule has 0 aromatic heterocycles. The summed E-state index contributed by atoms with van der Waals surface area (Å²) >= 11 is 5.94. The molecule has 3 rings (SSSR count). The lowest BCUT2D eigenvalue weighted by Gasteiger charge is -2.39. The van der Waals surface area contributed by atoms with E-state index in [0.29, 0.717) is 27.5 Å². The highest BCUT2D eigenvalue weighted by Crippen LogP contribution is 2.43. The van der Waals surface area contributed by atoms with Crippen LogP contribution in [0.5, 0.6) is 5.75 Å². The summed E-state index contributed by atoms with van der Waals surface area (Å²) in [7, 11) is 0. The molecule has 1 aromatic rings. The molecule has 1 atom stereocenters. The Morgan fingerprint density at radius 1 is 1.40 bits per heavy atom. The number of nitriles is 1. The molecular formula is C16H12ClNO2. The van der Waals surface area contributed by atoms with Gasteiger partial charge in [-0.1, -0.05) is 31.5 Å². The predicted molar refractivity (Wildman–Crippen MR) is 75.8 cm³/mol. The molecular weight excluding hydrogens is 274 g/mol. The molecule has 0 amide bonds. The molecule has 0 radical (unpaired) electrons. The Morgan fingerprint density at radius 2 is 2.15 bits per heavy atom. The van der Waals surface area contributed by atoms with Crippen molar-refractivity contribution in [3.05, 3.63) is 52.1 Å². The second kappa shape index (κ2) is 4.22. The van der Waals surface area contributed by atoms with Crippen LogP contribution in [0.25, 0.3) is 0 Å². The van der Waals surface area contributed by atoms with Crippen LogP contribution >= 0.6 is 11.6 Å². The second-order valence-electron chi connectivity index (χ2n) is 5.60. The fourth-order valence-corrected chi connectivity index (χ4v) is 2.86. The number of allylic oxidation sites excluding steroid dienone is 2. The van der Waals surface area contributed by atoms with Crippen molar-refractivity contribution < 1.29 is 9.53 Å². The molecule has 0 fully saturated rings. The molecule has 0 spiro atoms. The maximum absolute atomic E-state index is 12.6. The van der Waals surface area contributed by atoms with Gasteiger partial charge in [0.25, 0.3) is 0 Å². The molecule has 1 unspecified atom stereocenters. The van der Waals surface area contributed by atoms with Crippen molar-refractivity contribution in [2.45, 2.75) is 20.0 Å². The fourth-order valence-electron chi connectivity index (χ4n) is 2.69. The smallest absolute Gasteiger partial charge is 0.196 e. The number of hydrogen-bond donors (Lipinski definition) is 0. The number of ether oxygens (including phenoxy) is 1. The molecule has 100 valence electrons. The summed E-state index contributed by atoms with van der Waals surface area (Å²) in [5.74, 6) is 0.427. The Hall–Kier alpha value is -2.05. The van der Waals surface area contributed by atoms with Crippen molar-refractivity contribution in [1.82, 2.24) is 0 Å². The topological polar surface area (TPSA) is 50.1 Å². The zero-order valence-corrected chi connectivity index (χ0v) is 11.9. The van der Waals surface area contributed by atoms with E-state index in [9.17, 15) is 4.79 Å². The monoisotopic (exact) mass is 285 g/mol. The van der Waals surface area contributed by atoms with Crippen molar-refractivity contribution in [2.24, 2.45) is 5.41 Å². The minimum atomic E-state index is -0.415. The average molecular weight is 286 g/mol. The summed E-state index contributed by atoms with van der Waals surface area (Å²) in [4.78, 5) is 12.6. The minimum absolute atomic E-state index is 0.118. The number of nitrogens with zero attached hydrogens (tertiary/aromatic N) is 1. The molecule has 0 saturated heterocycles. The minimum Gasteiger partial charge on any atom is -0.484 e. The summed E-state index contributed by atoms with van der Waals surface area (Å²) in [5.41, 5.74) is 1.05. The maximum atomic E-state index is 12.6. The van der Waals surface area contributed by atoms with Gasteiger partial charge in [-0.2, -0.15) is 5.26 Å². The molecule has 1 aliphatic heterocycles. The lowest BCUT2D eigenvalue weighted by molar-refractivity contribution is 0.0846. The van der Waals surface area contributed by atoms with Crippen LogP contribution in [0.3, 0.4) is 0 Å². The van der Waals surface area contributed by atoms with Gasteiger partial charge in [0.05, 0.1) is 11.6 Å². The van der Waals surface area contributed by atoms with E-state index < -0.39 is 5.41 Å². The van der Waals surface area contributed by atoms with Gasteiger partial charge in [-0.05, 0) is 24.3 Å². The van der Waals surface area contributed by atoms with E-state index in [-0.39, 0.29) is 11.9 Å². The van der Waals surface area contributed by atoms with Gasteiger partial charge in [-0.15, -0.1) is 0 Å². The normalized spacial score (nSPS) is 22.7. The zero-order valence-electron chi connectivity index (χ0n) is 11.1. The Morgan fingerprint density at radius 3 is 2.85 bits per heavy atom. The van der Waals surface area contributed by atoms with Gasteiger partial charge in [0.15, 0.2) is 5.78 Å².